The number of anilines is 1. The molecule has 0 spiro atoms. The lowest BCUT2D eigenvalue weighted by molar-refractivity contribution is 0.102. The van der Waals surface area contributed by atoms with Gasteiger partial charge >= 0.3 is 0 Å². The molecule has 0 aliphatic heterocycles. The van der Waals surface area contributed by atoms with Gasteiger partial charge in [-0.05, 0) is 24.3 Å². The van der Waals surface area contributed by atoms with Crippen molar-refractivity contribution in [2.75, 3.05) is 5.32 Å². The fourth-order valence-corrected chi connectivity index (χ4v) is 2.28. The Morgan fingerprint density at radius 2 is 1.63 bits per heavy atom. The zero-order valence-corrected chi connectivity index (χ0v) is 12.3. The van der Waals surface area contributed by atoms with Crippen LogP contribution in [0.2, 0.25) is 20.2 Å². The molecule has 0 aliphatic rings. The molecule has 0 aliphatic carbocycles. The molecular formula is C12H6Cl4N2O. The minimum atomic E-state index is -0.423. The molecule has 0 saturated carbocycles. The van der Waals surface area contributed by atoms with Crippen LogP contribution in [0.5, 0.6) is 0 Å². The van der Waals surface area contributed by atoms with Gasteiger partial charge in [-0.25, -0.2) is 4.98 Å². The van der Waals surface area contributed by atoms with E-state index >= 15 is 0 Å². The average molecular weight is 336 g/mol. The summed E-state index contributed by atoms with van der Waals surface area (Å²) in [5.74, 6) is -0.423. The minimum absolute atomic E-state index is 0.179. The molecule has 2 aromatic rings. The summed E-state index contributed by atoms with van der Waals surface area (Å²) >= 11 is 23.3. The van der Waals surface area contributed by atoms with Crippen molar-refractivity contribution >= 4 is 58.0 Å². The van der Waals surface area contributed by atoms with Crippen molar-refractivity contribution in [2.24, 2.45) is 0 Å². The smallest absolute Gasteiger partial charge is 0.257 e. The summed E-state index contributed by atoms with van der Waals surface area (Å²) in [6.07, 6.45) is 1.31. The zero-order valence-electron chi connectivity index (χ0n) is 9.25. The molecule has 1 aromatic heterocycles. The molecule has 3 nitrogen and oxygen atoms in total. The molecule has 0 fully saturated rings. The van der Waals surface area contributed by atoms with Crippen molar-refractivity contribution in [1.82, 2.24) is 4.98 Å². The Labute approximate surface area is 129 Å². The van der Waals surface area contributed by atoms with Crippen molar-refractivity contribution in [1.29, 1.82) is 0 Å². The Hall–Kier alpha value is -1.00. The number of nitrogens with one attached hydrogen (secondary N) is 1. The molecule has 0 radical (unpaired) electrons. The minimum Gasteiger partial charge on any atom is -0.322 e. The van der Waals surface area contributed by atoms with E-state index in [4.69, 9.17) is 46.4 Å². The maximum atomic E-state index is 12.0. The first-order valence-corrected chi connectivity index (χ1v) is 6.55. The third kappa shape index (κ3) is 3.74. The van der Waals surface area contributed by atoms with E-state index in [0.29, 0.717) is 15.7 Å². The third-order valence-electron chi connectivity index (χ3n) is 2.19. The van der Waals surface area contributed by atoms with Crippen LogP contribution < -0.4 is 5.32 Å². The Bertz CT molecular complexity index is 625. The normalized spacial score (nSPS) is 10.3. The number of pyridine rings is 1. The van der Waals surface area contributed by atoms with Crippen molar-refractivity contribution in [3.8, 4) is 0 Å². The van der Waals surface area contributed by atoms with Crippen LogP contribution in [0, 0.1) is 0 Å². The second-order valence-electron chi connectivity index (χ2n) is 3.60. The topological polar surface area (TPSA) is 42.0 Å². The van der Waals surface area contributed by atoms with E-state index in [1.807, 2.05) is 0 Å². The first kappa shape index (κ1) is 14.4. The lowest BCUT2D eigenvalue weighted by atomic mass is 10.2. The zero-order chi connectivity index (χ0) is 14.0. The number of aromatic nitrogens is 1. The number of carbonyl (C=O) groups is 1. The lowest BCUT2D eigenvalue weighted by Gasteiger charge is -2.07. The molecule has 0 unspecified atom stereocenters. The number of hydrogen-bond donors (Lipinski definition) is 1. The van der Waals surface area contributed by atoms with Gasteiger partial charge in [0, 0.05) is 21.9 Å². The van der Waals surface area contributed by atoms with Crippen molar-refractivity contribution in [2.45, 2.75) is 0 Å². The summed E-state index contributed by atoms with van der Waals surface area (Å²) in [6.45, 7) is 0. The number of carbonyl (C=O) groups excluding carboxylic acids is 1. The highest BCUT2D eigenvalue weighted by Crippen LogP contribution is 2.24. The van der Waals surface area contributed by atoms with Crippen molar-refractivity contribution < 1.29 is 4.79 Å². The van der Waals surface area contributed by atoms with Gasteiger partial charge in [-0.3, -0.25) is 4.79 Å². The molecule has 7 heteroatoms. The largest absolute Gasteiger partial charge is 0.322 e. The van der Waals surface area contributed by atoms with Crippen LogP contribution in [-0.4, -0.2) is 10.9 Å². The first-order valence-electron chi connectivity index (χ1n) is 5.04. The van der Waals surface area contributed by atoms with Gasteiger partial charge in [0.15, 0.2) is 0 Å². The molecule has 1 amide bonds. The van der Waals surface area contributed by atoms with Gasteiger partial charge < -0.3 is 5.32 Å². The van der Waals surface area contributed by atoms with E-state index in [-0.39, 0.29) is 15.7 Å². The quantitative estimate of drug-likeness (QED) is 0.789. The van der Waals surface area contributed by atoms with E-state index in [1.165, 1.54) is 12.3 Å². The van der Waals surface area contributed by atoms with Gasteiger partial charge in [0.25, 0.3) is 5.91 Å². The summed E-state index contributed by atoms with van der Waals surface area (Å²) < 4.78 is 0. The van der Waals surface area contributed by atoms with E-state index in [9.17, 15) is 4.79 Å². The van der Waals surface area contributed by atoms with Crippen molar-refractivity contribution in [3.05, 3.63) is 56.2 Å². The fraction of sp³-hybridized carbons (Fsp3) is 0. The van der Waals surface area contributed by atoms with Crippen LogP contribution in [-0.2, 0) is 0 Å². The molecule has 0 atom stereocenters. The van der Waals surface area contributed by atoms with Crippen LogP contribution in [0.3, 0.4) is 0 Å². The van der Waals surface area contributed by atoms with Gasteiger partial charge in [0.1, 0.15) is 5.15 Å². The number of amides is 1. The SMILES string of the molecule is O=C(Nc1cc(Cl)cc(Cl)c1)c1cc(Cl)ncc1Cl. The van der Waals surface area contributed by atoms with Gasteiger partial charge in [-0.15, -0.1) is 0 Å². The Kier molecular flexibility index (Phi) is 4.53. The molecule has 2 rings (SSSR count). The second-order valence-corrected chi connectivity index (χ2v) is 5.27. The molecule has 0 saturated heterocycles. The van der Waals surface area contributed by atoms with Crippen LogP contribution in [0.15, 0.2) is 30.5 Å². The van der Waals surface area contributed by atoms with Gasteiger partial charge in [-0.2, -0.15) is 0 Å². The fourth-order valence-electron chi connectivity index (χ4n) is 1.41. The maximum Gasteiger partial charge on any atom is 0.257 e. The Balaban J connectivity index is 2.28. The second kappa shape index (κ2) is 5.97. The molecule has 0 bridgehead atoms. The van der Waals surface area contributed by atoms with Gasteiger partial charge in [0.2, 0.25) is 0 Å². The van der Waals surface area contributed by atoms with Crippen LogP contribution in [0.25, 0.3) is 0 Å². The number of halogens is 4. The third-order valence-corrected chi connectivity index (χ3v) is 3.13. The first-order chi connectivity index (χ1) is 8.95. The predicted molar refractivity (Wildman–Crippen MR) is 78.7 cm³/mol. The Morgan fingerprint density at radius 3 is 2.26 bits per heavy atom. The summed E-state index contributed by atoms with van der Waals surface area (Å²) in [5.41, 5.74) is 0.685. The maximum absolute atomic E-state index is 12.0. The monoisotopic (exact) mass is 334 g/mol. The summed E-state index contributed by atoms with van der Waals surface area (Å²) in [7, 11) is 0. The molecule has 1 aromatic carbocycles. The number of nitrogens with zero attached hydrogens (tertiary/aromatic N) is 1. The molecule has 1 N–H and O–H groups in total. The van der Waals surface area contributed by atoms with Crippen molar-refractivity contribution in [3.63, 3.8) is 0 Å². The molecule has 1 heterocycles. The highest BCUT2D eigenvalue weighted by Gasteiger charge is 2.12. The molecular weight excluding hydrogens is 330 g/mol. The standard InChI is InChI=1S/C12H6Cl4N2O/c13-6-1-7(14)3-8(2-6)18-12(19)9-4-11(16)17-5-10(9)15/h1-5H,(H,18,19). The van der Waals surface area contributed by atoms with Crippen LogP contribution in [0.1, 0.15) is 10.4 Å². The number of rotatable bonds is 2. The average Bonchev–Trinajstić information content (AvgIpc) is 2.30. The summed E-state index contributed by atoms with van der Waals surface area (Å²) in [5, 5.41) is 3.85. The summed E-state index contributed by atoms with van der Waals surface area (Å²) in [6, 6.07) is 6.09. The molecule has 19 heavy (non-hydrogen) atoms. The van der Waals surface area contributed by atoms with Gasteiger partial charge in [-0.1, -0.05) is 46.4 Å². The highest BCUT2D eigenvalue weighted by molar-refractivity contribution is 6.36. The molecule has 98 valence electrons. The Morgan fingerprint density at radius 1 is 1.00 bits per heavy atom. The van der Waals surface area contributed by atoms with E-state index in [0.717, 1.165) is 0 Å². The van der Waals surface area contributed by atoms with Crippen LogP contribution >= 0.6 is 46.4 Å². The van der Waals surface area contributed by atoms with E-state index in [1.54, 1.807) is 18.2 Å². The lowest BCUT2D eigenvalue weighted by Crippen LogP contribution is -2.12. The predicted octanol–water partition coefficient (Wildman–Crippen LogP) is 4.95. The summed E-state index contributed by atoms with van der Waals surface area (Å²) in [4.78, 5) is 15.8. The number of hydrogen-bond acceptors (Lipinski definition) is 2. The van der Waals surface area contributed by atoms with Gasteiger partial charge in [0.05, 0.1) is 10.6 Å². The van der Waals surface area contributed by atoms with Crippen LogP contribution in [0.4, 0.5) is 5.69 Å². The van der Waals surface area contributed by atoms with E-state index in [2.05, 4.69) is 10.3 Å². The number of benzene rings is 1. The highest BCUT2D eigenvalue weighted by atomic mass is 35.5. The van der Waals surface area contributed by atoms with E-state index < -0.39 is 5.91 Å².